The normalized spacial score (nSPS) is 12.5. The molecule has 0 aliphatic rings. The van der Waals surface area contributed by atoms with Gasteiger partial charge in [-0.25, -0.2) is 19.1 Å². The number of rotatable bonds is 4. The van der Waals surface area contributed by atoms with Crippen LogP contribution in [0.3, 0.4) is 0 Å². The highest BCUT2D eigenvalue weighted by molar-refractivity contribution is 8.00. The number of carbonyl (C=O) groups is 1. The van der Waals surface area contributed by atoms with Crippen LogP contribution in [-0.2, 0) is 16.6 Å². The van der Waals surface area contributed by atoms with Crippen LogP contribution >= 0.6 is 11.8 Å². The molecule has 0 aliphatic carbocycles. The molecule has 6 nitrogen and oxygen atoms in total. The summed E-state index contributed by atoms with van der Waals surface area (Å²) in [5.41, 5.74) is -2.34. The van der Waals surface area contributed by atoms with Crippen molar-refractivity contribution in [1.82, 2.24) is 14.8 Å². The Morgan fingerprint density at radius 1 is 1.80 bits per heavy atom. The third kappa shape index (κ3) is 2.82. The number of alkyl halides is 1. The van der Waals surface area contributed by atoms with Crippen LogP contribution in [-0.4, -0.2) is 32.8 Å². The number of hydrogen-bond acceptors (Lipinski definition) is 5. The molecule has 1 unspecified atom stereocenters. The first-order valence-electron chi connectivity index (χ1n) is 4.15. The number of aromatic amines is 1. The van der Waals surface area contributed by atoms with Gasteiger partial charge in [0, 0.05) is 7.05 Å². The van der Waals surface area contributed by atoms with Crippen molar-refractivity contribution in [3.8, 4) is 0 Å². The molecule has 1 atom stereocenters. The molecule has 1 aromatic heterocycles. The van der Waals surface area contributed by atoms with Gasteiger partial charge in [-0.2, -0.15) is 0 Å². The Bertz CT molecular complexity index is 402. The van der Waals surface area contributed by atoms with E-state index in [-0.39, 0.29) is 11.8 Å². The van der Waals surface area contributed by atoms with Gasteiger partial charge in [0.1, 0.15) is 0 Å². The van der Waals surface area contributed by atoms with Gasteiger partial charge in [0.2, 0.25) is 5.50 Å². The largest absolute Gasteiger partial charge is 0.463 e. The zero-order valence-electron chi connectivity index (χ0n) is 8.19. The number of aromatic nitrogens is 3. The number of carbonyl (C=O) groups excluding carboxylic acids is 1. The average molecular weight is 235 g/mol. The first kappa shape index (κ1) is 11.8. The van der Waals surface area contributed by atoms with Gasteiger partial charge in [-0.1, -0.05) is 0 Å². The van der Waals surface area contributed by atoms with E-state index in [2.05, 4.69) is 14.9 Å². The average Bonchev–Trinajstić information content (AvgIpc) is 2.50. The molecule has 1 rings (SSSR count). The molecule has 1 heterocycles. The topological polar surface area (TPSA) is 77.0 Å². The molecule has 0 amide bonds. The number of nitrogens with one attached hydrogen (secondary N) is 1. The Morgan fingerprint density at radius 2 is 2.47 bits per heavy atom. The molecule has 0 bridgehead atoms. The predicted octanol–water partition coefficient (Wildman–Crippen LogP) is 0.0592. The number of ether oxygens (including phenoxy) is 1. The molecular weight excluding hydrogens is 225 g/mol. The minimum Gasteiger partial charge on any atom is -0.463 e. The summed E-state index contributed by atoms with van der Waals surface area (Å²) in [6.07, 6.45) is 0. The SMILES string of the molecule is CCOC(=O)C(F)Sc1n[nH]c(=O)n1C. The zero-order valence-corrected chi connectivity index (χ0v) is 9.01. The van der Waals surface area contributed by atoms with Gasteiger partial charge in [-0.3, -0.25) is 4.57 Å². The van der Waals surface area contributed by atoms with Crippen LogP contribution < -0.4 is 5.69 Å². The molecule has 15 heavy (non-hydrogen) atoms. The Hall–Kier alpha value is -1.31. The van der Waals surface area contributed by atoms with Gasteiger partial charge in [-0.05, 0) is 18.7 Å². The second kappa shape index (κ2) is 4.96. The molecule has 0 fully saturated rings. The third-order valence-corrected chi connectivity index (χ3v) is 2.49. The zero-order chi connectivity index (χ0) is 11.4. The van der Waals surface area contributed by atoms with Gasteiger partial charge >= 0.3 is 11.7 Å². The summed E-state index contributed by atoms with van der Waals surface area (Å²) in [5, 5.41) is 5.77. The third-order valence-electron chi connectivity index (χ3n) is 1.52. The summed E-state index contributed by atoms with van der Waals surface area (Å²) in [6.45, 7) is 1.69. The second-order valence-corrected chi connectivity index (χ2v) is 3.57. The summed E-state index contributed by atoms with van der Waals surface area (Å²) in [7, 11) is 1.42. The van der Waals surface area contributed by atoms with E-state index in [1.807, 2.05) is 0 Å². The lowest BCUT2D eigenvalue weighted by atomic mass is 10.7. The standard InChI is InChI=1S/C7H10FN3O3S/c1-3-14-5(12)4(8)15-7-10-9-6(13)11(7)2/h4H,3H2,1-2H3,(H,9,13). The van der Waals surface area contributed by atoms with Gasteiger partial charge in [-0.15, -0.1) is 5.10 Å². The van der Waals surface area contributed by atoms with Crippen LogP contribution in [0.25, 0.3) is 0 Å². The number of halogens is 1. The fourth-order valence-corrected chi connectivity index (χ4v) is 1.48. The van der Waals surface area contributed by atoms with E-state index in [0.29, 0.717) is 11.8 Å². The highest BCUT2D eigenvalue weighted by Gasteiger charge is 2.22. The monoisotopic (exact) mass is 235 g/mol. The quantitative estimate of drug-likeness (QED) is 0.590. The fraction of sp³-hybridized carbons (Fsp3) is 0.571. The van der Waals surface area contributed by atoms with E-state index < -0.39 is 17.2 Å². The fourth-order valence-electron chi connectivity index (χ4n) is 0.786. The lowest BCUT2D eigenvalue weighted by molar-refractivity contribution is -0.145. The summed E-state index contributed by atoms with van der Waals surface area (Å²) >= 11 is 0.518. The predicted molar refractivity (Wildman–Crippen MR) is 51.2 cm³/mol. The van der Waals surface area contributed by atoms with Crippen molar-refractivity contribution in [2.45, 2.75) is 17.6 Å². The molecule has 1 aromatic rings. The Morgan fingerprint density at radius 3 is 2.93 bits per heavy atom. The molecular formula is C7H10FN3O3S. The van der Waals surface area contributed by atoms with Crippen molar-refractivity contribution in [3.05, 3.63) is 10.5 Å². The minimum absolute atomic E-state index is 0.0977. The molecule has 0 aromatic carbocycles. The number of esters is 1. The Labute approximate surface area is 88.8 Å². The number of nitrogens with zero attached hydrogens (tertiary/aromatic N) is 2. The lowest BCUT2D eigenvalue weighted by Gasteiger charge is -2.05. The van der Waals surface area contributed by atoms with Crippen molar-refractivity contribution < 1.29 is 13.9 Å². The maximum absolute atomic E-state index is 13.2. The highest BCUT2D eigenvalue weighted by atomic mass is 32.2. The summed E-state index contributed by atoms with van der Waals surface area (Å²) < 4.78 is 18.7. The lowest BCUT2D eigenvalue weighted by Crippen LogP contribution is -2.17. The molecule has 1 N–H and O–H groups in total. The van der Waals surface area contributed by atoms with Crippen LogP contribution in [0.15, 0.2) is 9.95 Å². The van der Waals surface area contributed by atoms with E-state index in [1.165, 1.54) is 7.05 Å². The molecule has 0 radical (unpaired) electrons. The van der Waals surface area contributed by atoms with Crippen LogP contribution in [0.5, 0.6) is 0 Å². The van der Waals surface area contributed by atoms with Gasteiger partial charge < -0.3 is 4.74 Å². The van der Waals surface area contributed by atoms with Crippen molar-refractivity contribution in [2.24, 2.45) is 7.05 Å². The van der Waals surface area contributed by atoms with Gasteiger partial charge in [0.15, 0.2) is 5.16 Å². The van der Waals surface area contributed by atoms with E-state index >= 15 is 0 Å². The van der Waals surface area contributed by atoms with Gasteiger partial charge in [0.25, 0.3) is 0 Å². The second-order valence-electron chi connectivity index (χ2n) is 2.56. The summed E-state index contributed by atoms with van der Waals surface area (Å²) in [5.74, 6) is -0.974. The summed E-state index contributed by atoms with van der Waals surface area (Å²) in [6, 6.07) is 0. The van der Waals surface area contributed by atoms with Crippen LogP contribution in [0.4, 0.5) is 4.39 Å². The van der Waals surface area contributed by atoms with Crippen molar-refractivity contribution >= 4 is 17.7 Å². The maximum atomic E-state index is 13.2. The number of thioether (sulfide) groups is 1. The van der Waals surface area contributed by atoms with Crippen molar-refractivity contribution in [2.75, 3.05) is 6.61 Å². The summed E-state index contributed by atoms with van der Waals surface area (Å²) in [4.78, 5) is 21.8. The highest BCUT2D eigenvalue weighted by Crippen LogP contribution is 2.21. The Kier molecular flexibility index (Phi) is 3.89. The van der Waals surface area contributed by atoms with E-state index in [4.69, 9.17) is 0 Å². The van der Waals surface area contributed by atoms with E-state index in [9.17, 15) is 14.0 Å². The molecule has 0 saturated carbocycles. The van der Waals surface area contributed by atoms with E-state index in [1.54, 1.807) is 6.92 Å². The molecule has 84 valence electrons. The van der Waals surface area contributed by atoms with Crippen LogP contribution in [0.1, 0.15) is 6.92 Å². The van der Waals surface area contributed by atoms with Crippen LogP contribution in [0, 0.1) is 0 Å². The maximum Gasteiger partial charge on any atom is 0.351 e. The first-order chi connectivity index (χ1) is 7.06. The van der Waals surface area contributed by atoms with Crippen molar-refractivity contribution in [1.29, 1.82) is 0 Å². The minimum atomic E-state index is -1.88. The smallest absolute Gasteiger partial charge is 0.351 e. The number of hydrogen-bond donors (Lipinski definition) is 1. The molecule has 0 saturated heterocycles. The van der Waals surface area contributed by atoms with E-state index in [0.717, 1.165) is 4.57 Å². The van der Waals surface area contributed by atoms with Crippen LogP contribution in [0.2, 0.25) is 0 Å². The van der Waals surface area contributed by atoms with Crippen molar-refractivity contribution in [3.63, 3.8) is 0 Å². The molecule has 0 spiro atoms. The first-order valence-corrected chi connectivity index (χ1v) is 5.03. The van der Waals surface area contributed by atoms with Gasteiger partial charge in [0.05, 0.1) is 6.61 Å². The number of H-pyrrole nitrogens is 1. The Balaban J connectivity index is 2.66. The molecule has 0 aliphatic heterocycles. The molecule has 8 heteroatoms.